The number of hydrogen-bond donors (Lipinski definition) is 1. The van der Waals surface area contributed by atoms with Crippen LogP contribution in [0.3, 0.4) is 0 Å². The van der Waals surface area contributed by atoms with Crippen molar-refractivity contribution in [3.8, 4) is 5.75 Å². The van der Waals surface area contributed by atoms with Gasteiger partial charge in [-0.15, -0.1) is 0 Å². The molecule has 0 radical (unpaired) electrons. The third kappa shape index (κ3) is 7.82. The highest BCUT2D eigenvalue weighted by molar-refractivity contribution is 9.10. The van der Waals surface area contributed by atoms with Gasteiger partial charge in [0, 0.05) is 24.5 Å². The average molecular weight is 665 g/mol. The molecular formula is C33H34BrN3O5S. The van der Waals surface area contributed by atoms with Crippen molar-refractivity contribution < 1.29 is 22.7 Å². The molecule has 43 heavy (non-hydrogen) atoms. The lowest BCUT2D eigenvalue weighted by atomic mass is 10.0. The summed E-state index contributed by atoms with van der Waals surface area (Å²) >= 11 is 3.44. The van der Waals surface area contributed by atoms with Gasteiger partial charge in [0.2, 0.25) is 11.8 Å². The van der Waals surface area contributed by atoms with Crippen molar-refractivity contribution >= 4 is 43.5 Å². The van der Waals surface area contributed by atoms with Crippen LogP contribution in [0.4, 0.5) is 5.69 Å². The molecule has 1 N–H and O–H groups in total. The molecule has 10 heteroatoms. The summed E-state index contributed by atoms with van der Waals surface area (Å²) in [6.07, 6.45) is 0.238. The van der Waals surface area contributed by atoms with Gasteiger partial charge in [-0.2, -0.15) is 0 Å². The van der Waals surface area contributed by atoms with Gasteiger partial charge in [0.05, 0.1) is 17.7 Å². The molecule has 0 heterocycles. The first-order chi connectivity index (χ1) is 20.6. The van der Waals surface area contributed by atoms with E-state index in [1.54, 1.807) is 36.4 Å². The number of aryl methyl sites for hydroxylation is 1. The summed E-state index contributed by atoms with van der Waals surface area (Å²) in [5.74, 6) is -0.619. The van der Waals surface area contributed by atoms with E-state index in [1.165, 1.54) is 31.2 Å². The van der Waals surface area contributed by atoms with Crippen LogP contribution in [0.2, 0.25) is 0 Å². The molecule has 0 bridgehead atoms. The lowest BCUT2D eigenvalue weighted by molar-refractivity contribution is -0.139. The number of para-hydroxylation sites is 2. The molecule has 0 saturated carbocycles. The minimum absolute atomic E-state index is 0.0309. The molecule has 4 aromatic rings. The molecule has 4 aromatic carbocycles. The molecule has 0 fully saturated rings. The first-order valence-electron chi connectivity index (χ1n) is 13.7. The predicted octanol–water partition coefficient (Wildman–Crippen LogP) is 5.35. The second-order valence-corrected chi connectivity index (χ2v) is 12.7. The summed E-state index contributed by atoms with van der Waals surface area (Å²) in [5, 5.41) is 2.69. The van der Waals surface area contributed by atoms with Gasteiger partial charge in [0.1, 0.15) is 18.3 Å². The minimum atomic E-state index is -4.22. The van der Waals surface area contributed by atoms with Crippen molar-refractivity contribution in [1.82, 2.24) is 10.2 Å². The Balaban J connectivity index is 1.81. The van der Waals surface area contributed by atoms with E-state index in [-0.39, 0.29) is 35.2 Å². The van der Waals surface area contributed by atoms with E-state index in [1.807, 2.05) is 61.5 Å². The normalized spacial score (nSPS) is 11.8. The molecule has 4 rings (SSSR count). The van der Waals surface area contributed by atoms with Gasteiger partial charge in [0.25, 0.3) is 10.0 Å². The number of methoxy groups -OCH3 is 1. The molecule has 0 aliphatic carbocycles. The standard InChI is InChI=1S/C33H34BrN3O5S/c1-24-13-19-28(20-14-24)43(40,41)37(29-11-7-8-12-31(29)42-3)23-32(38)36(22-26-15-17-27(34)18-16-26)30(33(39)35-2)21-25-9-5-4-6-10-25/h4-20,30H,21-23H2,1-3H3,(H,35,39)/t30-/m0/s1. The minimum Gasteiger partial charge on any atom is -0.495 e. The van der Waals surface area contributed by atoms with Crippen LogP contribution < -0.4 is 14.4 Å². The number of anilines is 1. The molecule has 0 aliphatic heterocycles. The van der Waals surface area contributed by atoms with Gasteiger partial charge in [-0.05, 0) is 54.4 Å². The van der Waals surface area contributed by atoms with Gasteiger partial charge in [-0.1, -0.05) is 88.2 Å². The summed E-state index contributed by atoms with van der Waals surface area (Å²) in [7, 11) is -1.26. The number of likely N-dealkylation sites (N-methyl/N-ethyl adjacent to an activating group) is 1. The number of carbonyl (C=O) groups is 2. The third-order valence-electron chi connectivity index (χ3n) is 7.03. The van der Waals surface area contributed by atoms with Crippen molar-refractivity contribution in [2.75, 3.05) is 25.0 Å². The highest BCUT2D eigenvalue weighted by Gasteiger charge is 2.35. The van der Waals surface area contributed by atoms with Crippen LogP contribution in [0.5, 0.6) is 5.75 Å². The van der Waals surface area contributed by atoms with Crippen molar-refractivity contribution in [3.05, 3.63) is 124 Å². The largest absolute Gasteiger partial charge is 0.495 e. The van der Waals surface area contributed by atoms with Gasteiger partial charge in [0.15, 0.2) is 0 Å². The number of ether oxygens (including phenoxy) is 1. The maximum atomic E-state index is 14.4. The Morgan fingerprint density at radius 3 is 2.12 bits per heavy atom. The second kappa shape index (κ2) is 14.3. The number of amides is 2. The summed E-state index contributed by atoms with van der Waals surface area (Å²) in [6.45, 7) is 1.39. The van der Waals surface area contributed by atoms with Crippen molar-refractivity contribution in [3.63, 3.8) is 0 Å². The number of nitrogens with one attached hydrogen (secondary N) is 1. The first-order valence-corrected chi connectivity index (χ1v) is 15.9. The summed E-state index contributed by atoms with van der Waals surface area (Å²) in [5.41, 5.74) is 2.75. The third-order valence-corrected chi connectivity index (χ3v) is 9.33. The van der Waals surface area contributed by atoms with Crippen LogP contribution in [0.1, 0.15) is 16.7 Å². The van der Waals surface area contributed by atoms with Crippen LogP contribution in [-0.4, -0.2) is 51.9 Å². The molecule has 0 unspecified atom stereocenters. The average Bonchev–Trinajstić information content (AvgIpc) is 3.02. The van der Waals surface area contributed by atoms with E-state index >= 15 is 0 Å². The van der Waals surface area contributed by atoms with Crippen LogP contribution in [0, 0.1) is 6.92 Å². The molecule has 2 amide bonds. The zero-order valence-electron chi connectivity index (χ0n) is 24.2. The molecule has 0 spiro atoms. The lowest BCUT2D eigenvalue weighted by Crippen LogP contribution is -2.53. The maximum Gasteiger partial charge on any atom is 0.264 e. The zero-order valence-corrected chi connectivity index (χ0v) is 26.6. The van der Waals surface area contributed by atoms with Crippen LogP contribution in [0.15, 0.2) is 112 Å². The van der Waals surface area contributed by atoms with Gasteiger partial charge >= 0.3 is 0 Å². The topological polar surface area (TPSA) is 96.0 Å². The Bertz CT molecular complexity index is 1650. The molecule has 0 aromatic heterocycles. The fourth-order valence-electron chi connectivity index (χ4n) is 4.69. The van der Waals surface area contributed by atoms with Crippen molar-refractivity contribution in [2.24, 2.45) is 0 Å². The van der Waals surface area contributed by atoms with E-state index in [2.05, 4.69) is 21.2 Å². The van der Waals surface area contributed by atoms with Crippen molar-refractivity contribution in [1.29, 1.82) is 0 Å². The molecule has 0 aliphatic rings. The van der Waals surface area contributed by atoms with Gasteiger partial charge < -0.3 is 15.0 Å². The number of carbonyl (C=O) groups excluding carboxylic acids is 2. The highest BCUT2D eigenvalue weighted by atomic mass is 79.9. The molecule has 224 valence electrons. The Morgan fingerprint density at radius 2 is 1.49 bits per heavy atom. The number of halogens is 1. The molecular weight excluding hydrogens is 630 g/mol. The van der Waals surface area contributed by atoms with E-state index in [4.69, 9.17) is 4.74 Å². The van der Waals surface area contributed by atoms with Crippen molar-refractivity contribution in [2.45, 2.75) is 30.8 Å². The van der Waals surface area contributed by atoms with E-state index in [9.17, 15) is 18.0 Å². The Kier molecular flexibility index (Phi) is 10.6. The number of nitrogens with zero attached hydrogens (tertiary/aromatic N) is 2. The number of benzene rings is 4. The molecule has 8 nitrogen and oxygen atoms in total. The molecule has 0 saturated heterocycles. The predicted molar refractivity (Wildman–Crippen MR) is 171 cm³/mol. The lowest BCUT2D eigenvalue weighted by Gasteiger charge is -2.34. The Morgan fingerprint density at radius 1 is 0.860 bits per heavy atom. The second-order valence-electron chi connectivity index (χ2n) is 9.96. The fourth-order valence-corrected chi connectivity index (χ4v) is 6.38. The van der Waals surface area contributed by atoms with E-state index < -0.39 is 28.5 Å². The van der Waals surface area contributed by atoms with E-state index in [0.29, 0.717) is 0 Å². The van der Waals surface area contributed by atoms with Crippen LogP contribution in [-0.2, 0) is 32.6 Å². The number of sulfonamides is 1. The summed E-state index contributed by atoms with van der Waals surface area (Å²) in [6, 6.07) is 29.0. The van der Waals surface area contributed by atoms with Gasteiger partial charge in [-0.25, -0.2) is 8.42 Å². The quantitative estimate of drug-likeness (QED) is 0.221. The monoisotopic (exact) mass is 663 g/mol. The first kappa shape index (κ1) is 31.8. The number of hydrogen-bond acceptors (Lipinski definition) is 5. The van der Waals surface area contributed by atoms with Gasteiger partial charge in [-0.3, -0.25) is 13.9 Å². The summed E-state index contributed by atoms with van der Waals surface area (Å²) < 4.78 is 35.7. The smallest absolute Gasteiger partial charge is 0.264 e. The summed E-state index contributed by atoms with van der Waals surface area (Å²) in [4.78, 5) is 29.2. The maximum absolute atomic E-state index is 14.4. The van der Waals surface area contributed by atoms with Crippen LogP contribution >= 0.6 is 15.9 Å². The highest BCUT2D eigenvalue weighted by Crippen LogP contribution is 2.33. The van der Waals surface area contributed by atoms with E-state index in [0.717, 1.165) is 25.5 Å². The number of rotatable bonds is 12. The SMILES string of the molecule is CNC(=O)[C@H](Cc1ccccc1)N(Cc1ccc(Br)cc1)C(=O)CN(c1ccccc1OC)S(=O)(=O)c1ccc(C)cc1. The fraction of sp³-hybridized carbons (Fsp3) is 0.212. The van der Waals surface area contributed by atoms with Crippen LogP contribution in [0.25, 0.3) is 0 Å². The Labute approximate surface area is 261 Å². The molecule has 1 atom stereocenters. The Hall–Kier alpha value is -4.15. The zero-order chi connectivity index (χ0) is 31.0.